The fourth-order valence-corrected chi connectivity index (χ4v) is 19.5. The normalized spacial score (nSPS) is 15.6. The van der Waals surface area contributed by atoms with Crippen LogP contribution in [-0.2, 0) is 20.1 Å². The Bertz CT molecular complexity index is 6990. The first-order valence-electron chi connectivity index (χ1n) is 42.1. The lowest BCUT2D eigenvalue weighted by molar-refractivity contribution is 0.00578. The first-order chi connectivity index (χ1) is 58.7. The Hall–Kier alpha value is -13.0. The molecule has 23 rings (SSSR count). The van der Waals surface area contributed by atoms with Gasteiger partial charge in [0.15, 0.2) is 34.9 Å². The predicted molar refractivity (Wildman–Crippen MR) is 489 cm³/mol. The molecule has 4 aromatic heterocycles. The Kier molecular flexibility index (Phi) is 18.9. The number of halogens is 1. The number of benzene rings is 14. The van der Waals surface area contributed by atoms with Gasteiger partial charge >= 0.3 is 7.12 Å². The third kappa shape index (κ3) is 13.5. The van der Waals surface area contributed by atoms with Gasteiger partial charge in [0.2, 0.25) is 0 Å². The molecular formula is C108H86BClN6O4. The molecule has 4 aliphatic carbocycles. The number of fused-ring (bicyclic) bond motifs is 16. The van der Waals surface area contributed by atoms with Crippen LogP contribution in [-0.4, -0.2) is 48.2 Å². The molecule has 0 amide bonds. The van der Waals surface area contributed by atoms with Crippen LogP contribution < -0.4 is 5.46 Å². The van der Waals surface area contributed by atoms with E-state index in [2.05, 4.69) is 204 Å². The first kappa shape index (κ1) is 74.5. The Morgan fingerprint density at radius 3 is 1.03 bits per heavy atom. The lowest BCUT2D eigenvalue weighted by Crippen LogP contribution is -2.41. The van der Waals surface area contributed by atoms with E-state index in [1.165, 1.54) is 120 Å². The fraction of sp³-hybridized carbons (Fsp3) is 0.167. The van der Waals surface area contributed by atoms with E-state index in [1.807, 2.05) is 152 Å². The number of hydrogen-bond acceptors (Lipinski definition) is 10. The second-order valence-electron chi connectivity index (χ2n) is 33.7. The number of furan rings is 2. The minimum atomic E-state index is -0.303. The van der Waals surface area contributed by atoms with Crippen LogP contribution in [0.5, 0.6) is 0 Å². The molecule has 2 saturated carbocycles. The Balaban J connectivity index is 0.000000119. The third-order valence-corrected chi connectivity index (χ3v) is 26.3. The molecule has 120 heavy (non-hydrogen) atoms. The second kappa shape index (κ2) is 30.4. The van der Waals surface area contributed by atoms with Gasteiger partial charge in [-0.2, -0.15) is 0 Å². The zero-order valence-electron chi connectivity index (χ0n) is 67.5. The molecule has 0 N–H and O–H groups in total. The van der Waals surface area contributed by atoms with Crippen molar-refractivity contribution in [3.8, 4) is 124 Å². The van der Waals surface area contributed by atoms with Gasteiger partial charge in [-0.25, -0.2) is 29.9 Å². The molecule has 10 nitrogen and oxygen atoms in total. The number of nitrogens with zero attached hydrogens (tertiary/aromatic N) is 6. The summed E-state index contributed by atoms with van der Waals surface area (Å²) in [5.74, 6) is 3.66. The largest absolute Gasteiger partial charge is 0.494 e. The molecule has 14 aromatic carbocycles. The molecule has 0 unspecified atom stereocenters. The van der Waals surface area contributed by atoms with Gasteiger partial charge in [-0.1, -0.05) is 305 Å². The maximum absolute atomic E-state index is 6.34. The molecule has 2 spiro atoms. The van der Waals surface area contributed by atoms with Crippen LogP contribution in [0.15, 0.2) is 336 Å². The summed E-state index contributed by atoms with van der Waals surface area (Å²) >= 11 is 6.26. The van der Waals surface area contributed by atoms with Crippen LogP contribution in [0.25, 0.3) is 168 Å². The SMILES string of the molecule is CC1(C)OB(c2ccc3c(c2)C2(CCCCC2)c2ccccc2-3)OC1(C)C.Clc1cccc(-c2cccc(-c3nc(-c4ccccc4)nc(-c4ccc5c(c4)oc4ccccc45)n3)c2)c1.c1ccc(-c2nc(-c3cccc(-c4cccc(-c5ccc6c(c5)C5(CCCCC5)c5ccccc5-6)c4)c3)nc(-c3ccc4c(c3)oc3ccccc34)n2)cc1. The van der Waals surface area contributed by atoms with Crippen molar-refractivity contribution in [2.75, 3.05) is 0 Å². The fourth-order valence-electron chi connectivity index (χ4n) is 19.3. The number of rotatable bonds is 10. The summed E-state index contributed by atoms with van der Waals surface area (Å²) in [6.45, 7) is 8.50. The van der Waals surface area contributed by atoms with Crippen LogP contribution in [0, 0.1) is 0 Å². The third-order valence-electron chi connectivity index (χ3n) is 26.0. The average molecular weight is 1580 g/mol. The number of aromatic nitrogens is 6. The van der Waals surface area contributed by atoms with Gasteiger partial charge in [0, 0.05) is 70.8 Å². The van der Waals surface area contributed by atoms with Gasteiger partial charge in [0.05, 0.1) is 11.2 Å². The van der Waals surface area contributed by atoms with Crippen molar-refractivity contribution in [1.29, 1.82) is 0 Å². The minimum absolute atomic E-state index is 0.131. The molecule has 5 aliphatic rings. The summed E-state index contributed by atoms with van der Waals surface area (Å²) in [6, 6.07) is 114. The number of para-hydroxylation sites is 2. The van der Waals surface area contributed by atoms with Gasteiger partial charge in [-0.15, -0.1) is 0 Å². The Morgan fingerprint density at radius 2 is 0.575 bits per heavy atom. The number of hydrogen-bond donors (Lipinski definition) is 0. The van der Waals surface area contributed by atoms with Crippen molar-refractivity contribution in [3.05, 3.63) is 355 Å². The summed E-state index contributed by atoms with van der Waals surface area (Å²) in [5.41, 5.74) is 28.2. The monoisotopic (exact) mass is 1580 g/mol. The molecule has 0 atom stereocenters. The van der Waals surface area contributed by atoms with E-state index in [0.717, 1.165) is 105 Å². The van der Waals surface area contributed by atoms with Crippen molar-refractivity contribution < 1.29 is 18.1 Å². The molecular weight excluding hydrogens is 1490 g/mol. The van der Waals surface area contributed by atoms with Crippen molar-refractivity contribution in [2.45, 2.75) is 114 Å². The maximum atomic E-state index is 6.34. The van der Waals surface area contributed by atoms with Crippen LogP contribution in [0.3, 0.4) is 0 Å². The van der Waals surface area contributed by atoms with E-state index in [1.54, 1.807) is 0 Å². The van der Waals surface area contributed by atoms with Crippen molar-refractivity contribution in [2.24, 2.45) is 0 Å². The highest BCUT2D eigenvalue weighted by atomic mass is 35.5. The standard InChI is InChI=1S/C51H37N3O.C33H20ClN3O.C24H29BO2/c1-3-13-33(14-4-1)48-52-49(54-50(53-48)39-24-26-43-42-20-6-8-22-46(42)55-47(43)32-39)38-18-12-17-36(30-38)34-15-11-16-35(29-34)37-23-25-41-40-19-5-7-21-44(40)51(45(41)31-37)27-9-2-10-28-51;34-26-13-7-11-23(19-26)22-10-6-12-24(18-22)32-35-31(21-8-2-1-3-9-21)36-33(37-32)25-16-17-28-27-14-4-5-15-29(27)38-30(28)20-25;1-22(2)23(3,4)27-25(26-22)17-12-13-19-18-10-6-7-11-20(18)24(21(19)16-17)14-8-5-9-15-24/h1,3-8,11-26,29-32H,2,9-10,27-28H2;1-20H;6-7,10-13,16H,5,8-9,14-15H2,1-4H3. The van der Waals surface area contributed by atoms with E-state index in [0.29, 0.717) is 40.0 Å². The molecule has 18 aromatic rings. The van der Waals surface area contributed by atoms with E-state index in [9.17, 15) is 0 Å². The van der Waals surface area contributed by atoms with E-state index < -0.39 is 0 Å². The van der Waals surface area contributed by atoms with Gasteiger partial charge < -0.3 is 18.1 Å². The molecule has 1 saturated heterocycles. The minimum Gasteiger partial charge on any atom is -0.456 e. The summed E-state index contributed by atoms with van der Waals surface area (Å²) < 4.78 is 25.1. The van der Waals surface area contributed by atoms with Crippen molar-refractivity contribution >= 4 is 68.1 Å². The molecule has 0 radical (unpaired) electrons. The molecule has 3 fully saturated rings. The summed E-state index contributed by atoms with van der Waals surface area (Å²) in [6.07, 6.45) is 12.9. The summed E-state index contributed by atoms with van der Waals surface area (Å²) in [5, 5.41) is 5.03. The Morgan fingerprint density at radius 1 is 0.250 bits per heavy atom. The van der Waals surface area contributed by atoms with E-state index >= 15 is 0 Å². The zero-order valence-corrected chi connectivity index (χ0v) is 68.3. The summed E-state index contributed by atoms with van der Waals surface area (Å²) in [4.78, 5) is 29.8. The topological polar surface area (TPSA) is 122 Å². The average Bonchev–Trinajstić information content (AvgIpc) is 1.56. The molecule has 0 bridgehead atoms. The van der Waals surface area contributed by atoms with Crippen molar-refractivity contribution in [1.82, 2.24) is 29.9 Å². The van der Waals surface area contributed by atoms with Gasteiger partial charge in [0.25, 0.3) is 0 Å². The van der Waals surface area contributed by atoms with Crippen LogP contribution >= 0.6 is 11.6 Å². The van der Waals surface area contributed by atoms with E-state index in [4.69, 9.17) is 59.6 Å². The smallest absolute Gasteiger partial charge is 0.456 e. The van der Waals surface area contributed by atoms with Crippen LogP contribution in [0.2, 0.25) is 5.02 Å². The highest BCUT2D eigenvalue weighted by molar-refractivity contribution is 6.62. The zero-order chi connectivity index (χ0) is 80.7. The molecule has 5 heterocycles. The van der Waals surface area contributed by atoms with Crippen molar-refractivity contribution in [3.63, 3.8) is 0 Å². The van der Waals surface area contributed by atoms with Gasteiger partial charge in [-0.05, 0) is 210 Å². The Labute approximate surface area is 704 Å². The van der Waals surface area contributed by atoms with Crippen LogP contribution in [0.1, 0.15) is 114 Å². The predicted octanol–water partition coefficient (Wildman–Crippen LogP) is 27.6. The quantitative estimate of drug-likeness (QED) is 0.122. The first-order valence-corrected chi connectivity index (χ1v) is 42.5. The van der Waals surface area contributed by atoms with E-state index in [-0.39, 0.29) is 29.2 Å². The van der Waals surface area contributed by atoms with Crippen LogP contribution in [0.4, 0.5) is 0 Å². The molecule has 1 aliphatic heterocycles. The highest BCUT2D eigenvalue weighted by Crippen LogP contribution is 2.58. The van der Waals surface area contributed by atoms with Gasteiger partial charge in [-0.3, -0.25) is 0 Å². The highest BCUT2D eigenvalue weighted by Gasteiger charge is 2.53. The maximum Gasteiger partial charge on any atom is 0.494 e. The molecule has 582 valence electrons. The lowest BCUT2D eigenvalue weighted by atomic mass is 9.66. The summed E-state index contributed by atoms with van der Waals surface area (Å²) in [7, 11) is -0.287. The molecule has 12 heteroatoms. The second-order valence-corrected chi connectivity index (χ2v) is 34.2. The lowest BCUT2D eigenvalue weighted by Gasteiger charge is -2.36. The van der Waals surface area contributed by atoms with Gasteiger partial charge in [0.1, 0.15) is 22.3 Å².